The summed E-state index contributed by atoms with van der Waals surface area (Å²) in [4.78, 5) is 36.3. The summed E-state index contributed by atoms with van der Waals surface area (Å²) >= 11 is 0. The van der Waals surface area contributed by atoms with Crippen molar-refractivity contribution in [1.82, 2.24) is 4.90 Å². The van der Waals surface area contributed by atoms with Crippen LogP contribution in [0.4, 0.5) is 5.69 Å². The van der Waals surface area contributed by atoms with E-state index in [2.05, 4.69) is 5.32 Å². The summed E-state index contributed by atoms with van der Waals surface area (Å²) < 4.78 is 10.2. The number of rotatable bonds is 5. The summed E-state index contributed by atoms with van der Waals surface area (Å²) in [6.45, 7) is 2.45. The Bertz CT molecular complexity index is 592. The van der Waals surface area contributed by atoms with Gasteiger partial charge in [0.1, 0.15) is 5.75 Å². The molecule has 2 rings (SSSR count). The Labute approximate surface area is 140 Å². The first-order valence-electron chi connectivity index (χ1n) is 7.85. The lowest BCUT2D eigenvalue weighted by Crippen LogP contribution is -2.42. The molecule has 0 atom stereocenters. The van der Waals surface area contributed by atoms with E-state index in [0.29, 0.717) is 37.4 Å². The number of methoxy groups -OCH3 is 1. The van der Waals surface area contributed by atoms with Crippen LogP contribution in [0.15, 0.2) is 24.3 Å². The molecule has 1 heterocycles. The van der Waals surface area contributed by atoms with Crippen molar-refractivity contribution in [2.24, 2.45) is 5.92 Å². The van der Waals surface area contributed by atoms with Gasteiger partial charge in [0.05, 0.1) is 13.0 Å². The van der Waals surface area contributed by atoms with Gasteiger partial charge in [-0.2, -0.15) is 0 Å². The number of esters is 1. The second kappa shape index (κ2) is 8.33. The van der Waals surface area contributed by atoms with Gasteiger partial charge >= 0.3 is 5.97 Å². The molecule has 0 saturated carbocycles. The van der Waals surface area contributed by atoms with Gasteiger partial charge in [0.25, 0.3) is 5.91 Å². The van der Waals surface area contributed by atoms with E-state index < -0.39 is 0 Å². The second-order valence-corrected chi connectivity index (χ2v) is 5.67. The minimum Gasteiger partial charge on any atom is -0.484 e. The summed E-state index contributed by atoms with van der Waals surface area (Å²) in [6, 6.07) is 6.82. The molecule has 0 aliphatic carbocycles. The number of anilines is 1. The molecule has 0 radical (unpaired) electrons. The number of amides is 2. The van der Waals surface area contributed by atoms with E-state index in [9.17, 15) is 14.4 Å². The highest BCUT2D eigenvalue weighted by molar-refractivity contribution is 5.88. The van der Waals surface area contributed by atoms with E-state index in [4.69, 9.17) is 9.47 Å². The van der Waals surface area contributed by atoms with Gasteiger partial charge in [-0.05, 0) is 37.1 Å². The molecule has 1 aliphatic rings. The van der Waals surface area contributed by atoms with E-state index in [1.54, 1.807) is 29.2 Å². The summed E-state index contributed by atoms with van der Waals surface area (Å²) in [7, 11) is 1.38. The zero-order chi connectivity index (χ0) is 17.5. The topological polar surface area (TPSA) is 84.9 Å². The van der Waals surface area contributed by atoms with Crippen molar-refractivity contribution in [3.63, 3.8) is 0 Å². The molecule has 0 unspecified atom stereocenters. The van der Waals surface area contributed by atoms with Crippen LogP contribution >= 0.6 is 0 Å². The fraction of sp³-hybridized carbons (Fsp3) is 0.471. The number of nitrogens with zero attached hydrogens (tertiary/aromatic N) is 1. The number of piperidine rings is 1. The number of hydrogen-bond acceptors (Lipinski definition) is 5. The molecule has 0 bridgehead atoms. The van der Waals surface area contributed by atoms with Crippen LogP contribution in [-0.4, -0.2) is 49.5 Å². The molecule has 24 heavy (non-hydrogen) atoms. The lowest BCUT2D eigenvalue weighted by atomic mass is 9.97. The molecule has 0 spiro atoms. The standard InChI is InChI=1S/C17H22N2O5/c1-12(20)18-14-3-5-15(6-4-14)24-11-16(21)19-9-7-13(8-10-19)17(22)23-2/h3-6,13H,7-11H2,1-2H3,(H,18,20). The molecule has 7 nitrogen and oxygen atoms in total. The van der Waals surface area contributed by atoms with Gasteiger partial charge in [-0.15, -0.1) is 0 Å². The zero-order valence-electron chi connectivity index (χ0n) is 13.9. The summed E-state index contributed by atoms with van der Waals surface area (Å²) in [5, 5.41) is 2.66. The van der Waals surface area contributed by atoms with Crippen LogP contribution in [0.1, 0.15) is 19.8 Å². The quantitative estimate of drug-likeness (QED) is 0.824. The van der Waals surface area contributed by atoms with Crippen molar-refractivity contribution in [1.29, 1.82) is 0 Å². The van der Waals surface area contributed by atoms with Gasteiger partial charge < -0.3 is 19.7 Å². The van der Waals surface area contributed by atoms with Gasteiger partial charge in [-0.1, -0.05) is 0 Å². The van der Waals surface area contributed by atoms with E-state index in [1.807, 2.05) is 0 Å². The number of benzene rings is 1. The fourth-order valence-electron chi connectivity index (χ4n) is 2.61. The average Bonchev–Trinajstić information content (AvgIpc) is 2.60. The van der Waals surface area contributed by atoms with Crippen molar-refractivity contribution in [2.75, 3.05) is 32.1 Å². The molecule has 1 fully saturated rings. The van der Waals surface area contributed by atoms with Crippen molar-refractivity contribution in [2.45, 2.75) is 19.8 Å². The number of nitrogens with one attached hydrogen (secondary N) is 1. The molecular weight excluding hydrogens is 312 g/mol. The predicted octanol–water partition coefficient (Wildman–Crippen LogP) is 1.44. The van der Waals surface area contributed by atoms with Gasteiger partial charge in [0.2, 0.25) is 5.91 Å². The van der Waals surface area contributed by atoms with Gasteiger partial charge in [0, 0.05) is 25.7 Å². The Morgan fingerprint density at radius 1 is 1.17 bits per heavy atom. The third kappa shape index (κ3) is 4.97. The highest BCUT2D eigenvalue weighted by atomic mass is 16.5. The highest BCUT2D eigenvalue weighted by Crippen LogP contribution is 2.19. The number of ether oxygens (including phenoxy) is 2. The molecule has 1 N–H and O–H groups in total. The first kappa shape index (κ1) is 17.8. The first-order chi connectivity index (χ1) is 11.5. The summed E-state index contributed by atoms with van der Waals surface area (Å²) in [5.41, 5.74) is 0.672. The molecule has 1 aliphatic heterocycles. The molecular formula is C17H22N2O5. The minimum atomic E-state index is -0.211. The number of hydrogen-bond donors (Lipinski definition) is 1. The van der Waals surface area contributed by atoms with E-state index in [0.717, 1.165) is 0 Å². The van der Waals surface area contributed by atoms with Crippen molar-refractivity contribution in [3.8, 4) is 5.75 Å². The summed E-state index contributed by atoms with van der Waals surface area (Å²) in [5.74, 6) is -0.0285. The third-order valence-electron chi connectivity index (χ3n) is 3.92. The lowest BCUT2D eigenvalue weighted by Gasteiger charge is -2.30. The normalized spacial score (nSPS) is 14.8. The van der Waals surface area contributed by atoms with Gasteiger partial charge in [-0.25, -0.2) is 0 Å². The second-order valence-electron chi connectivity index (χ2n) is 5.67. The molecule has 0 aromatic heterocycles. The van der Waals surface area contributed by atoms with Crippen LogP contribution in [0.3, 0.4) is 0 Å². The van der Waals surface area contributed by atoms with Gasteiger partial charge in [-0.3, -0.25) is 14.4 Å². The Morgan fingerprint density at radius 3 is 2.33 bits per heavy atom. The molecule has 130 valence electrons. The molecule has 1 aromatic rings. The largest absolute Gasteiger partial charge is 0.484 e. The molecule has 1 saturated heterocycles. The Balaban J connectivity index is 1.77. The Morgan fingerprint density at radius 2 is 1.79 bits per heavy atom. The molecule has 1 aromatic carbocycles. The smallest absolute Gasteiger partial charge is 0.308 e. The van der Waals surface area contributed by atoms with Crippen LogP contribution in [0.25, 0.3) is 0 Å². The number of carbonyl (C=O) groups is 3. The van der Waals surface area contributed by atoms with Crippen LogP contribution < -0.4 is 10.1 Å². The number of carbonyl (C=O) groups excluding carboxylic acids is 3. The van der Waals surface area contributed by atoms with Crippen LogP contribution in [0.2, 0.25) is 0 Å². The van der Waals surface area contributed by atoms with E-state index >= 15 is 0 Å². The number of likely N-dealkylation sites (tertiary alicyclic amines) is 1. The maximum atomic E-state index is 12.2. The van der Waals surface area contributed by atoms with Crippen LogP contribution in [-0.2, 0) is 19.1 Å². The van der Waals surface area contributed by atoms with Crippen molar-refractivity contribution >= 4 is 23.5 Å². The lowest BCUT2D eigenvalue weighted by molar-refractivity contribution is -0.149. The van der Waals surface area contributed by atoms with Crippen molar-refractivity contribution in [3.05, 3.63) is 24.3 Å². The fourth-order valence-corrected chi connectivity index (χ4v) is 2.61. The SMILES string of the molecule is COC(=O)C1CCN(C(=O)COc2ccc(NC(C)=O)cc2)CC1. The monoisotopic (exact) mass is 334 g/mol. The van der Waals surface area contributed by atoms with Gasteiger partial charge in [0.15, 0.2) is 6.61 Å². The molecule has 2 amide bonds. The average molecular weight is 334 g/mol. The van der Waals surface area contributed by atoms with Crippen LogP contribution in [0.5, 0.6) is 5.75 Å². The zero-order valence-corrected chi connectivity index (χ0v) is 13.9. The highest BCUT2D eigenvalue weighted by Gasteiger charge is 2.27. The Hall–Kier alpha value is -2.57. The maximum absolute atomic E-state index is 12.2. The van der Waals surface area contributed by atoms with E-state index in [-0.39, 0.29) is 30.3 Å². The Kier molecular flexibility index (Phi) is 6.17. The van der Waals surface area contributed by atoms with Crippen molar-refractivity contribution < 1.29 is 23.9 Å². The third-order valence-corrected chi connectivity index (χ3v) is 3.92. The summed E-state index contributed by atoms with van der Waals surface area (Å²) in [6.07, 6.45) is 1.23. The predicted molar refractivity (Wildman–Crippen MR) is 87.6 cm³/mol. The van der Waals surface area contributed by atoms with Crippen LogP contribution in [0, 0.1) is 5.92 Å². The maximum Gasteiger partial charge on any atom is 0.308 e. The minimum absolute atomic E-state index is 0.0532. The van der Waals surface area contributed by atoms with E-state index in [1.165, 1.54) is 14.0 Å². The molecule has 7 heteroatoms. The first-order valence-corrected chi connectivity index (χ1v) is 7.85.